The van der Waals surface area contributed by atoms with Gasteiger partial charge in [-0.1, -0.05) is 6.07 Å². The van der Waals surface area contributed by atoms with Crippen molar-refractivity contribution in [2.24, 2.45) is 0 Å². The van der Waals surface area contributed by atoms with E-state index in [2.05, 4.69) is 5.32 Å². The standard InChI is InChI=1S/C9H14N2O/c1-6(11-2)7-3-4-9(12)8(10)5-7/h3-6,11-12H,10H2,1-2H3/t6-/m0/s1. The molecule has 66 valence electrons. The lowest BCUT2D eigenvalue weighted by molar-refractivity contribution is 0.477. The average Bonchev–Trinajstić information content (AvgIpc) is 2.08. The van der Waals surface area contributed by atoms with E-state index in [4.69, 9.17) is 10.8 Å². The van der Waals surface area contributed by atoms with Gasteiger partial charge in [-0.2, -0.15) is 0 Å². The molecule has 0 bridgehead atoms. The van der Waals surface area contributed by atoms with Crippen LogP contribution in [0.5, 0.6) is 5.75 Å². The summed E-state index contributed by atoms with van der Waals surface area (Å²) in [7, 11) is 1.88. The fraction of sp³-hybridized carbons (Fsp3) is 0.333. The summed E-state index contributed by atoms with van der Waals surface area (Å²) in [6, 6.07) is 5.50. The van der Waals surface area contributed by atoms with E-state index in [9.17, 15) is 0 Å². The topological polar surface area (TPSA) is 58.3 Å². The van der Waals surface area contributed by atoms with Crippen molar-refractivity contribution >= 4 is 5.69 Å². The van der Waals surface area contributed by atoms with Gasteiger partial charge in [0.05, 0.1) is 5.69 Å². The van der Waals surface area contributed by atoms with Crippen LogP contribution < -0.4 is 11.1 Å². The number of hydrogen-bond acceptors (Lipinski definition) is 3. The van der Waals surface area contributed by atoms with Crippen molar-refractivity contribution < 1.29 is 5.11 Å². The van der Waals surface area contributed by atoms with Gasteiger partial charge >= 0.3 is 0 Å². The van der Waals surface area contributed by atoms with Gasteiger partial charge in [-0.05, 0) is 31.7 Å². The molecule has 1 rings (SSSR count). The van der Waals surface area contributed by atoms with Crippen molar-refractivity contribution in [1.82, 2.24) is 5.32 Å². The second-order valence-electron chi connectivity index (χ2n) is 2.83. The molecule has 0 fully saturated rings. The number of rotatable bonds is 2. The summed E-state index contributed by atoms with van der Waals surface area (Å²) < 4.78 is 0. The number of phenols is 1. The molecule has 1 aromatic rings. The number of nitrogens with one attached hydrogen (secondary N) is 1. The highest BCUT2D eigenvalue weighted by Gasteiger charge is 2.03. The molecule has 0 aromatic heterocycles. The lowest BCUT2D eigenvalue weighted by Crippen LogP contribution is -2.12. The van der Waals surface area contributed by atoms with Crippen LogP contribution in [0.4, 0.5) is 5.69 Å². The minimum atomic E-state index is 0.141. The molecule has 1 aromatic carbocycles. The third-order valence-electron chi connectivity index (χ3n) is 1.98. The number of nitrogens with two attached hydrogens (primary N) is 1. The first-order valence-corrected chi connectivity index (χ1v) is 3.91. The monoisotopic (exact) mass is 166 g/mol. The normalized spacial score (nSPS) is 12.8. The predicted molar refractivity (Wildman–Crippen MR) is 50.0 cm³/mol. The fourth-order valence-electron chi connectivity index (χ4n) is 1.01. The maximum absolute atomic E-state index is 9.15. The van der Waals surface area contributed by atoms with Crippen LogP contribution >= 0.6 is 0 Å². The molecule has 0 aliphatic carbocycles. The van der Waals surface area contributed by atoms with Crippen molar-refractivity contribution in [3.05, 3.63) is 23.8 Å². The summed E-state index contributed by atoms with van der Waals surface area (Å²) in [6.07, 6.45) is 0. The quantitative estimate of drug-likeness (QED) is 0.458. The van der Waals surface area contributed by atoms with Gasteiger partial charge < -0.3 is 16.2 Å². The molecule has 0 heterocycles. The molecule has 12 heavy (non-hydrogen) atoms. The predicted octanol–water partition coefficient (Wildman–Crippen LogP) is 1.25. The minimum Gasteiger partial charge on any atom is -0.506 e. The lowest BCUT2D eigenvalue weighted by atomic mass is 10.1. The van der Waals surface area contributed by atoms with Crippen LogP contribution in [-0.4, -0.2) is 12.2 Å². The molecular weight excluding hydrogens is 152 g/mol. The van der Waals surface area contributed by atoms with E-state index >= 15 is 0 Å². The SMILES string of the molecule is CN[C@@H](C)c1ccc(O)c(N)c1. The summed E-state index contributed by atoms with van der Waals surface area (Å²) in [5.41, 5.74) is 7.04. The second-order valence-corrected chi connectivity index (χ2v) is 2.83. The Morgan fingerprint density at radius 3 is 2.67 bits per heavy atom. The molecule has 3 heteroatoms. The molecule has 0 unspecified atom stereocenters. The molecule has 3 nitrogen and oxygen atoms in total. The summed E-state index contributed by atoms with van der Waals surface area (Å²) in [6.45, 7) is 2.03. The van der Waals surface area contributed by atoms with Crippen LogP contribution in [0.15, 0.2) is 18.2 Å². The first-order valence-electron chi connectivity index (χ1n) is 3.91. The summed E-state index contributed by atoms with van der Waals surface area (Å²) in [5, 5.41) is 12.2. The van der Waals surface area contributed by atoms with E-state index in [-0.39, 0.29) is 11.8 Å². The Morgan fingerprint density at radius 2 is 2.17 bits per heavy atom. The van der Waals surface area contributed by atoms with E-state index in [0.29, 0.717) is 5.69 Å². The molecule has 0 aliphatic heterocycles. The van der Waals surface area contributed by atoms with Crippen LogP contribution in [0.25, 0.3) is 0 Å². The van der Waals surface area contributed by atoms with E-state index in [1.165, 1.54) is 0 Å². The lowest BCUT2D eigenvalue weighted by Gasteiger charge is -2.11. The number of anilines is 1. The summed E-state index contributed by atoms with van der Waals surface area (Å²) in [4.78, 5) is 0. The van der Waals surface area contributed by atoms with Crippen LogP contribution in [0.1, 0.15) is 18.5 Å². The highest BCUT2D eigenvalue weighted by Crippen LogP contribution is 2.23. The number of nitrogen functional groups attached to an aromatic ring is 1. The van der Waals surface area contributed by atoms with Crippen LogP contribution in [0.2, 0.25) is 0 Å². The fourth-order valence-corrected chi connectivity index (χ4v) is 1.01. The molecule has 0 amide bonds. The Balaban J connectivity index is 2.96. The third-order valence-corrected chi connectivity index (χ3v) is 1.98. The van der Waals surface area contributed by atoms with Gasteiger partial charge in [0.2, 0.25) is 0 Å². The zero-order valence-corrected chi connectivity index (χ0v) is 7.33. The average molecular weight is 166 g/mol. The third kappa shape index (κ3) is 1.68. The first kappa shape index (κ1) is 8.87. The van der Waals surface area contributed by atoms with Crippen molar-refractivity contribution in [2.75, 3.05) is 12.8 Å². The molecule has 0 spiro atoms. The van der Waals surface area contributed by atoms with Gasteiger partial charge in [0.15, 0.2) is 0 Å². The minimum absolute atomic E-state index is 0.141. The zero-order valence-electron chi connectivity index (χ0n) is 7.33. The number of aromatic hydroxyl groups is 1. The Bertz CT molecular complexity index is 273. The van der Waals surface area contributed by atoms with Gasteiger partial charge in [0, 0.05) is 6.04 Å². The molecule has 4 N–H and O–H groups in total. The van der Waals surface area contributed by atoms with Gasteiger partial charge in [-0.25, -0.2) is 0 Å². The van der Waals surface area contributed by atoms with E-state index < -0.39 is 0 Å². The zero-order chi connectivity index (χ0) is 9.14. The van der Waals surface area contributed by atoms with Crippen molar-refractivity contribution in [3.63, 3.8) is 0 Å². The van der Waals surface area contributed by atoms with E-state index in [1.807, 2.05) is 20.0 Å². The summed E-state index contributed by atoms with van der Waals surface area (Å²) in [5.74, 6) is 0.141. The maximum Gasteiger partial charge on any atom is 0.138 e. The number of benzene rings is 1. The van der Waals surface area contributed by atoms with Crippen molar-refractivity contribution in [2.45, 2.75) is 13.0 Å². The van der Waals surface area contributed by atoms with Gasteiger partial charge in [-0.3, -0.25) is 0 Å². The Labute approximate surface area is 72.2 Å². The second kappa shape index (κ2) is 3.45. The Hall–Kier alpha value is -1.22. The molecule has 1 atom stereocenters. The highest BCUT2D eigenvalue weighted by molar-refractivity contribution is 5.53. The smallest absolute Gasteiger partial charge is 0.138 e. The first-order chi connectivity index (χ1) is 5.65. The molecular formula is C9H14N2O. The van der Waals surface area contributed by atoms with Crippen LogP contribution in [0.3, 0.4) is 0 Å². The Kier molecular flexibility index (Phi) is 2.55. The summed E-state index contributed by atoms with van der Waals surface area (Å²) >= 11 is 0. The molecule has 0 saturated heterocycles. The van der Waals surface area contributed by atoms with Gasteiger partial charge in [-0.15, -0.1) is 0 Å². The Morgan fingerprint density at radius 1 is 1.50 bits per heavy atom. The van der Waals surface area contributed by atoms with Crippen LogP contribution in [0, 0.1) is 0 Å². The maximum atomic E-state index is 9.15. The van der Waals surface area contributed by atoms with E-state index in [1.54, 1.807) is 12.1 Å². The number of hydrogen-bond donors (Lipinski definition) is 3. The highest BCUT2D eigenvalue weighted by atomic mass is 16.3. The van der Waals surface area contributed by atoms with Gasteiger partial charge in [0.25, 0.3) is 0 Å². The van der Waals surface area contributed by atoms with Crippen molar-refractivity contribution in [3.8, 4) is 5.75 Å². The van der Waals surface area contributed by atoms with Crippen LogP contribution in [-0.2, 0) is 0 Å². The molecule has 0 aliphatic rings. The number of phenolic OH excluding ortho intramolecular Hbond substituents is 1. The largest absolute Gasteiger partial charge is 0.506 e. The van der Waals surface area contributed by atoms with Crippen molar-refractivity contribution in [1.29, 1.82) is 0 Å². The van der Waals surface area contributed by atoms with Gasteiger partial charge in [0.1, 0.15) is 5.75 Å². The van der Waals surface area contributed by atoms with E-state index in [0.717, 1.165) is 5.56 Å². The molecule has 0 radical (unpaired) electrons. The molecule has 0 saturated carbocycles.